The zero-order valence-electron chi connectivity index (χ0n) is 10.3. The van der Waals surface area contributed by atoms with Crippen LogP contribution in [0.2, 0.25) is 0 Å². The van der Waals surface area contributed by atoms with Gasteiger partial charge in [0.2, 0.25) is 0 Å². The standard InChI is InChI=1S/C13H19N3O/c1-9-7-10(13(14)15-17)3-4-11(9)8-16(2)12-5-6-12/h3-4,7,12,17H,5-6,8H2,1-2H3,(H2,14,15). The number of hydrogen-bond acceptors (Lipinski definition) is 3. The molecule has 92 valence electrons. The minimum absolute atomic E-state index is 0.162. The number of aryl methyl sites for hydroxylation is 1. The van der Waals surface area contributed by atoms with Crippen molar-refractivity contribution < 1.29 is 5.21 Å². The van der Waals surface area contributed by atoms with Crippen LogP contribution in [-0.4, -0.2) is 29.0 Å². The van der Waals surface area contributed by atoms with Gasteiger partial charge in [0.25, 0.3) is 0 Å². The molecule has 4 nitrogen and oxygen atoms in total. The van der Waals surface area contributed by atoms with Gasteiger partial charge in [-0.1, -0.05) is 17.3 Å². The van der Waals surface area contributed by atoms with Crippen molar-refractivity contribution in [3.8, 4) is 0 Å². The number of oxime groups is 1. The highest BCUT2D eigenvalue weighted by atomic mass is 16.4. The lowest BCUT2D eigenvalue weighted by atomic mass is 10.0. The molecule has 1 fully saturated rings. The van der Waals surface area contributed by atoms with Gasteiger partial charge in [0.05, 0.1) is 0 Å². The maximum absolute atomic E-state index is 8.63. The number of rotatable bonds is 4. The largest absolute Gasteiger partial charge is 0.409 e. The summed E-state index contributed by atoms with van der Waals surface area (Å²) < 4.78 is 0. The normalized spacial score (nSPS) is 16.5. The maximum atomic E-state index is 8.63. The number of amidine groups is 1. The second kappa shape index (κ2) is 4.75. The first-order valence-corrected chi connectivity index (χ1v) is 5.89. The number of nitrogens with zero attached hydrogens (tertiary/aromatic N) is 2. The molecule has 4 heteroatoms. The summed E-state index contributed by atoms with van der Waals surface area (Å²) in [5.41, 5.74) is 8.81. The maximum Gasteiger partial charge on any atom is 0.170 e. The van der Waals surface area contributed by atoms with Crippen molar-refractivity contribution in [2.45, 2.75) is 32.4 Å². The summed E-state index contributed by atoms with van der Waals surface area (Å²) in [4.78, 5) is 2.38. The fraction of sp³-hybridized carbons (Fsp3) is 0.462. The first-order valence-electron chi connectivity index (χ1n) is 5.89. The van der Waals surface area contributed by atoms with E-state index in [1.54, 1.807) is 0 Å². The minimum Gasteiger partial charge on any atom is -0.409 e. The van der Waals surface area contributed by atoms with Gasteiger partial charge in [-0.05, 0) is 44.0 Å². The molecule has 0 radical (unpaired) electrons. The van der Waals surface area contributed by atoms with Crippen LogP contribution in [0.15, 0.2) is 23.4 Å². The van der Waals surface area contributed by atoms with Gasteiger partial charge in [0.15, 0.2) is 5.84 Å². The van der Waals surface area contributed by atoms with Gasteiger partial charge >= 0.3 is 0 Å². The molecule has 0 heterocycles. The van der Waals surface area contributed by atoms with E-state index in [2.05, 4.69) is 30.1 Å². The molecule has 1 saturated carbocycles. The van der Waals surface area contributed by atoms with E-state index in [1.165, 1.54) is 24.0 Å². The zero-order chi connectivity index (χ0) is 12.4. The van der Waals surface area contributed by atoms with Crippen molar-refractivity contribution in [3.05, 3.63) is 34.9 Å². The second-order valence-corrected chi connectivity index (χ2v) is 4.77. The quantitative estimate of drug-likeness (QED) is 0.360. The zero-order valence-corrected chi connectivity index (χ0v) is 10.3. The average Bonchev–Trinajstić information content (AvgIpc) is 3.14. The van der Waals surface area contributed by atoms with Crippen molar-refractivity contribution in [2.24, 2.45) is 10.9 Å². The predicted molar refractivity (Wildman–Crippen MR) is 68.2 cm³/mol. The van der Waals surface area contributed by atoms with E-state index in [-0.39, 0.29) is 5.84 Å². The fourth-order valence-corrected chi connectivity index (χ4v) is 2.00. The number of benzene rings is 1. The molecule has 1 aliphatic rings. The van der Waals surface area contributed by atoms with Crippen LogP contribution in [-0.2, 0) is 6.54 Å². The molecule has 1 aliphatic carbocycles. The molecule has 0 aromatic heterocycles. The SMILES string of the molecule is Cc1cc(/C(N)=N/O)ccc1CN(C)C1CC1. The molecular weight excluding hydrogens is 214 g/mol. The molecule has 0 amide bonds. The molecule has 0 bridgehead atoms. The van der Waals surface area contributed by atoms with Crippen LogP contribution in [0.25, 0.3) is 0 Å². The molecule has 0 unspecified atom stereocenters. The Morgan fingerprint density at radius 3 is 2.76 bits per heavy atom. The summed E-state index contributed by atoms with van der Waals surface area (Å²) in [6, 6.07) is 6.68. The highest BCUT2D eigenvalue weighted by Gasteiger charge is 2.26. The van der Waals surface area contributed by atoms with Gasteiger partial charge in [-0.2, -0.15) is 0 Å². The Hall–Kier alpha value is -1.55. The Morgan fingerprint density at radius 2 is 2.24 bits per heavy atom. The molecular formula is C13H19N3O. The third kappa shape index (κ3) is 2.77. The van der Waals surface area contributed by atoms with Crippen LogP contribution in [0, 0.1) is 6.92 Å². The van der Waals surface area contributed by atoms with E-state index in [1.807, 2.05) is 12.1 Å². The van der Waals surface area contributed by atoms with Gasteiger partial charge in [-0.25, -0.2) is 0 Å². The first kappa shape index (κ1) is 11.9. The van der Waals surface area contributed by atoms with Crippen LogP contribution in [0.5, 0.6) is 0 Å². The van der Waals surface area contributed by atoms with E-state index in [0.29, 0.717) is 0 Å². The van der Waals surface area contributed by atoms with Crippen LogP contribution < -0.4 is 5.73 Å². The Labute approximate surface area is 102 Å². The summed E-state index contributed by atoms with van der Waals surface area (Å²) in [6.07, 6.45) is 2.63. The molecule has 17 heavy (non-hydrogen) atoms. The summed E-state index contributed by atoms with van der Waals surface area (Å²) in [6.45, 7) is 3.02. The number of hydrogen-bond donors (Lipinski definition) is 2. The smallest absolute Gasteiger partial charge is 0.170 e. The van der Waals surface area contributed by atoms with Crippen molar-refractivity contribution >= 4 is 5.84 Å². The summed E-state index contributed by atoms with van der Waals surface area (Å²) in [5, 5.41) is 11.6. The Kier molecular flexibility index (Phi) is 3.33. The van der Waals surface area contributed by atoms with Crippen LogP contribution in [0.3, 0.4) is 0 Å². The van der Waals surface area contributed by atoms with Gasteiger partial charge in [0, 0.05) is 18.2 Å². The molecule has 0 atom stereocenters. The van der Waals surface area contributed by atoms with Gasteiger partial charge < -0.3 is 10.9 Å². The monoisotopic (exact) mass is 233 g/mol. The van der Waals surface area contributed by atoms with Gasteiger partial charge in [-0.3, -0.25) is 4.90 Å². The molecule has 1 aromatic rings. The van der Waals surface area contributed by atoms with E-state index in [4.69, 9.17) is 10.9 Å². The van der Waals surface area contributed by atoms with Crippen molar-refractivity contribution in [1.29, 1.82) is 0 Å². The van der Waals surface area contributed by atoms with E-state index in [0.717, 1.165) is 18.2 Å². The lowest BCUT2D eigenvalue weighted by molar-refractivity contribution is 0.315. The summed E-state index contributed by atoms with van der Waals surface area (Å²) >= 11 is 0. The third-order valence-corrected chi connectivity index (χ3v) is 3.34. The highest BCUT2D eigenvalue weighted by Crippen LogP contribution is 2.27. The minimum atomic E-state index is 0.162. The fourth-order valence-electron chi connectivity index (χ4n) is 2.00. The van der Waals surface area contributed by atoms with Crippen LogP contribution >= 0.6 is 0 Å². The van der Waals surface area contributed by atoms with Gasteiger partial charge in [0.1, 0.15) is 0 Å². The van der Waals surface area contributed by atoms with Crippen LogP contribution in [0.4, 0.5) is 0 Å². The molecule has 0 saturated heterocycles. The first-order chi connectivity index (χ1) is 8.11. The van der Waals surface area contributed by atoms with Crippen LogP contribution in [0.1, 0.15) is 29.5 Å². The molecule has 1 aromatic carbocycles. The van der Waals surface area contributed by atoms with E-state index >= 15 is 0 Å². The van der Waals surface area contributed by atoms with E-state index < -0.39 is 0 Å². The number of nitrogens with two attached hydrogens (primary N) is 1. The third-order valence-electron chi connectivity index (χ3n) is 3.34. The molecule has 2 rings (SSSR count). The Morgan fingerprint density at radius 1 is 1.53 bits per heavy atom. The van der Waals surface area contributed by atoms with Crippen molar-refractivity contribution in [3.63, 3.8) is 0 Å². The topological polar surface area (TPSA) is 61.9 Å². The second-order valence-electron chi connectivity index (χ2n) is 4.77. The lowest BCUT2D eigenvalue weighted by Gasteiger charge is -2.17. The van der Waals surface area contributed by atoms with Crippen molar-refractivity contribution in [2.75, 3.05) is 7.05 Å². The Bertz CT molecular complexity index is 438. The summed E-state index contributed by atoms with van der Waals surface area (Å²) in [7, 11) is 2.16. The lowest BCUT2D eigenvalue weighted by Crippen LogP contribution is -2.21. The highest BCUT2D eigenvalue weighted by molar-refractivity contribution is 5.97. The summed E-state index contributed by atoms with van der Waals surface area (Å²) in [5.74, 6) is 0.162. The van der Waals surface area contributed by atoms with Crippen molar-refractivity contribution in [1.82, 2.24) is 4.90 Å². The molecule has 0 spiro atoms. The predicted octanol–water partition coefficient (Wildman–Crippen LogP) is 1.68. The average molecular weight is 233 g/mol. The van der Waals surface area contributed by atoms with Gasteiger partial charge in [-0.15, -0.1) is 0 Å². The Balaban J connectivity index is 2.13. The van der Waals surface area contributed by atoms with E-state index in [9.17, 15) is 0 Å². The molecule has 0 aliphatic heterocycles. The molecule has 3 N–H and O–H groups in total.